The predicted molar refractivity (Wildman–Crippen MR) is 123 cm³/mol. The van der Waals surface area contributed by atoms with E-state index in [-0.39, 0.29) is 24.4 Å². The van der Waals surface area contributed by atoms with E-state index in [0.717, 1.165) is 24.3 Å². The van der Waals surface area contributed by atoms with Crippen molar-refractivity contribution >= 4 is 35.5 Å². The monoisotopic (exact) mass is 487 g/mol. The zero-order valence-electron chi connectivity index (χ0n) is 17.8. The van der Waals surface area contributed by atoms with Gasteiger partial charge in [-0.05, 0) is 42.3 Å². The first-order chi connectivity index (χ1) is 16.2. The second-order valence-electron chi connectivity index (χ2n) is 7.33. The number of benzene rings is 2. The molecule has 0 fully saturated rings. The molecular formula is C23H22FN3O6S. The number of thioether (sulfide) groups is 1. The molecule has 3 amide bonds. The molecule has 34 heavy (non-hydrogen) atoms. The minimum Gasteiger partial charge on any atom is -0.508 e. The standard InChI is InChI=1S/C23H22FN3O6S/c24-17-10-14(20(29)25-11-13-3-1-4-15(28)9-13)6-7-16(17)21(30)27-18(23(32)33)12-26-22(31)19-5-2-8-34-19/h1,3-7,9-10,18,28H,2,8,11-12H2,(H,25,29)(H,26,31)(H,27,30)(H,32,33)/t18-/m0/s1. The van der Waals surface area contributed by atoms with Crippen molar-refractivity contribution in [3.63, 3.8) is 0 Å². The van der Waals surface area contributed by atoms with Crippen LogP contribution in [0.5, 0.6) is 5.75 Å². The Hall–Kier alpha value is -3.86. The number of phenols is 1. The molecule has 1 aliphatic heterocycles. The van der Waals surface area contributed by atoms with E-state index in [4.69, 9.17) is 0 Å². The number of hydrogen-bond donors (Lipinski definition) is 5. The van der Waals surface area contributed by atoms with Crippen LogP contribution < -0.4 is 16.0 Å². The van der Waals surface area contributed by atoms with Crippen molar-refractivity contribution in [3.8, 4) is 5.75 Å². The van der Waals surface area contributed by atoms with Gasteiger partial charge < -0.3 is 26.2 Å². The van der Waals surface area contributed by atoms with Crippen LogP contribution in [0.25, 0.3) is 0 Å². The number of aliphatic carboxylic acids is 1. The van der Waals surface area contributed by atoms with E-state index in [2.05, 4.69) is 16.0 Å². The molecule has 178 valence electrons. The van der Waals surface area contributed by atoms with Gasteiger partial charge in [0.1, 0.15) is 17.6 Å². The number of amides is 3. The van der Waals surface area contributed by atoms with Crippen LogP contribution in [0.2, 0.25) is 0 Å². The summed E-state index contributed by atoms with van der Waals surface area (Å²) in [6, 6.07) is 7.96. The van der Waals surface area contributed by atoms with Crippen molar-refractivity contribution < 1.29 is 33.8 Å². The Bertz CT molecular complexity index is 1150. The molecule has 0 aliphatic carbocycles. The van der Waals surface area contributed by atoms with Crippen molar-refractivity contribution in [2.45, 2.75) is 19.0 Å². The molecule has 2 aromatic rings. The lowest BCUT2D eigenvalue weighted by Gasteiger charge is -2.16. The van der Waals surface area contributed by atoms with Crippen LogP contribution in [-0.4, -0.2) is 52.2 Å². The Morgan fingerprint density at radius 1 is 1.03 bits per heavy atom. The molecule has 3 rings (SSSR count). The SMILES string of the molecule is O=C(NC[C@H](NC(=O)c1ccc(C(=O)NCc2cccc(O)c2)cc1F)C(=O)O)C1=CCCS1. The van der Waals surface area contributed by atoms with Gasteiger partial charge in [0.15, 0.2) is 0 Å². The number of halogens is 1. The van der Waals surface area contributed by atoms with E-state index in [1.807, 2.05) is 0 Å². The zero-order valence-corrected chi connectivity index (χ0v) is 18.7. The molecule has 0 saturated carbocycles. The van der Waals surface area contributed by atoms with Gasteiger partial charge in [0.2, 0.25) is 0 Å². The molecule has 1 atom stereocenters. The second-order valence-corrected chi connectivity index (χ2v) is 8.46. The first kappa shape index (κ1) is 24.8. The van der Waals surface area contributed by atoms with Crippen LogP contribution in [-0.2, 0) is 16.1 Å². The van der Waals surface area contributed by atoms with Gasteiger partial charge in [-0.2, -0.15) is 0 Å². The van der Waals surface area contributed by atoms with Gasteiger partial charge in [0.25, 0.3) is 17.7 Å². The molecule has 2 aromatic carbocycles. The van der Waals surface area contributed by atoms with Crippen LogP contribution in [0.1, 0.15) is 32.7 Å². The number of hydrogen-bond acceptors (Lipinski definition) is 6. The molecule has 0 radical (unpaired) electrons. The van der Waals surface area contributed by atoms with Crippen LogP contribution >= 0.6 is 11.8 Å². The van der Waals surface area contributed by atoms with Crippen molar-refractivity contribution in [2.75, 3.05) is 12.3 Å². The van der Waals surface area contributed by atoms with Crippen LogP contribution in [0, 0.1) is 5.82 Å². The normalized spacial score (nSPS) is 13.5. The maximum absolute atomic E-state index is 14.5. The van der Waals surface area contributed by atoms with Crippen LogP contribution in [0.4, 0.5) is 4.39 Å². The average molecular weight is 488 g/mol. The quantitative estimate of drug-likeness (QED) is 0.363. The third-order valence-corrected chi connectivity index (χ3v) is 5.94. The van der Waals surface area contributed by atoms with Gasteiger partial charge in [-0.3, -0.25) is 14.4 Å². The predicted octanol–water partition coefficient (Wildman–Crippen LogP) is 1.78. The third-order valence-electron chi connectivity index (χ3n) is 4.84. The fourth-order valence-electron chi connectivity index (χ4n) is 3.09. The lowest BCUT2D eigenvalue weighted by atomic mass is 10.1. The Labute approximate surface area is 198 Å². The summed E-state index contributed by atoms with van der Waals surface area (Å²) in [5, 5.41) is 26.0. The van der Waals surface area contributed by atoms with Gasteiger partial charge in [0, 0.05) is 24.4 Å². The molecule has 0 unspecified atom stereocenters. The van der Waals surface area contributed by atoms with Gasteiger partial charge in [-0.25, -0.2) is 9.18 Å². The van der Waals surface area contributed by atoms with E-state index in [1.54, 1.807) is 18.2 Å². The average Bonchev–Trinajstić information content (AvgIpc) is 3.34. The molecule has 0 spiro atoms. The number of nitrogens with one attached hydrogen (secondary N) is 3. The van der Waals surface area contributed by atoms with E-state index in [1.165, 1.54) is 30.0 Å². The fourth-order valence-corrected chi connectivity index (χ4v) is 3.98. The van der Waals surface area contributed by atoms with Crippen LogP contribution in [0.3, 0.4) is 0 Å². The van der Waals surface area contributed by atoms with Crippen molar-refractivity contribution in [3.05, 3.63) is 76.0 Å². The van der Waals surface area contributed by atoms with Gasteiger partial charge in [-0.15, -0.1) is 11.8 Å². The highest BCUT2D eigenvalue weighted by atomic mass is 32.2. The first-order valence-electron chi connectivity index (χ1n) is 10.2. The Morgan fingerprint density at radius 3 is 2.47 bits per heavy atom. The van der Waals surface area contributed by atoms with Gasteiger partial charge in [0.05, 0.1) is 10.5 Å². The number of allylic oxidation sites excluding steroid dienone is 1. The maximum Gasteiger partial charge on any atom is 0.328 e. The maximum atomic E-state index is 14.5. The second kappa shape index (κ2) is 11.3. The number of carboxylic acids is 1. The summed E-state index contributed by atoms with van der Waals surface area (Å²) < 4.78 is 14.5. The molecule has 5 N–H and O–H groups in total. The Kier molecular flexibility index (Phi) is 8.25. The van der Waals surface area contributed by atoms with E-state index < -0.39 is 41.1 Å². The van der Waals surface area contributed by atoms with Gasteiger partial charge in [-0.1, -0.05) is 18.2 Å². The number of aromatic hydroxyl groups is 1. The highest BCUT2D eigenvalue weighted by Crippen LogP contribution is 2.24. The topological polar surface area (TPSA) is 145 Å². The fraction of sp³-hybridized carbons (Fsp3) is 0.217. The zero-order chi connectivity index (χ0) is 24.7. The molecule has 0 aromatic heterocycles. The molecule has 11 heteroatoms. The summed E-state index contributed by atoms with van der Waals surface area (Å²) in [6.45, 7) is -0.284. The minimum absolute atomic E-state index is 0.0430. The molecule has 0 saturated heterocycles. The van der Waals surface area contributed by atoms with Crippen molar-refractivity contribution in [1.82, 2.24) is 16.0 Å². The number of carboxylic acid groups (broad SMARTS) is 1. The van der Waals surface area contributed by atoms with Crippen LogP contribution in [0.15, 0.2) is 53.4 Å². The summed E-state index contributed by atoms with van der Waals surface area (Å²) in [5.41, 5.74) is 0.147. The molecule has 0 bridgehead atoms. The lowest BCUT2D eigenvalue weighted by Crippen LogP contribution is -2.48. The van der Waals surface area contributed by atoms with E-state index >= 15 is 0 Å². The highest BCUT2D eigenvalue weighted by molar-refractivity contribution is 8.04. The number of carbonyl (C=O) groups is 4. The molecule has 1 aliphatic rings. The van der Waals surface area contributed by atoms with Gasteiger partial charge >= 0.3 is 5.97 Å². The summed E-state index contributed by atoms with van der Waals surface area (Å²) in [5.74, 6) is -3.63. The van der Waals surface area contributed by atoms with E-state index in [9.17, 15) is 33.8 Å². The number of carbonyl (C=O) groups excluding carboxylic acids is 3. The summed E-state index contributed by atoms with van der Waals surface area (Å²) >= 11 is 1.35. The third kappa shape index (κ3) is 6.58. The Morgan fingerprint density at radius 2 is 1.82 bits per heavy atom. The number of phenolic OH excluding ortho intramolecular Hbond substituents is 1. The summed E-state index contributed by atoms with van der Waals surface area (Å²) in [4.78, 5) is 48.7. The minimum atomic E-state index is -1.48. The highest BCUT2D eigenvalue weighted by Gasteiger charge is 2.24. The molecule has 9 nitrogen and oxygen atoms in total. The largest absolute Gasteiger partial charge is 0.508 e. The Balaban J connectivity index is 1.59. The number of rotatable bonds is 9. The lowest BCUT2D eigenvalue weighted by molar-refractivity contribution is -0.139. The first-order valence-corrected chi connectivity index (χ1v) is 11.2. The smallest absolute Gasteiger partial charge is 0.328 e. The molecule has 1 heterocycles. The summed E-state index contributed by atoms with van der Waals surface area (Å²) in [6.07, 6.45) is 2.49. The summed E-state index contributed by atoms with van der Waals surface area (Å²) in [7, 11) is 0. The van der Waals surface area contributed by atoms with Crippen molar-refractivity contribution in [1.29, 1.82) is 0 Å². The van der Waals surface area contributed by atoms with Crippen molar-refractivity contribution in [2.24, 2.45) is 0 Å². The van der Waals surface area contributed by atoms with E-state index in [0.29, 0.717) is 10.5 Å². The molecular weight excluding hydrogens is 465 g/mol.